The van der Waals surface area contributed by atoms with Crippen LogP contribution >= 0.6 is 0 Å². The molecule has 0 saturated heterocycles. The minimum atomic E-state index is 1.27. The average molecular weight is 533 g/mol. The van der Waals surface area contributed by atoms with Crippen LogP contribution < -0.4 is 0 Å². The number of fused-ring (bicyclic) bond motifs is 3. The average Bonchev–Trinajstić information content (AvgIpc) is 3.08. The second-order valence-electron chi connectivity index (χ2n) is 10.9. The Morgan fingerprint density at radius 3 is 1.40 bits per heavy atom. The molecule has 0 aliphatic rings. The number of benzene rings is 9. The third kappa shape index (κ3) is 4.08. The zero-order chi connectivity index (χ0) is 27.9. The molecule has 0 aromatic heterocycles. The van der Waals surface area contributed by atoms with Gasteiger partial charge in [0.25, 0.3) is 0 Å². The monoisotopic (exact) mass is 532 g/mol. The molecular formula is C42H28. The predicted molar refractivity (Wildman–Crippen MR) is 182 cm³/mol. The third-order valence-corrected chi connectivity index (χ3v) is 8.45. The van der Waals surface area contributed by atoms with Gasteiger partial charge in [-0.2, -0.15) is 0 Å². The van der Waals surface area contributed by atoms with E-state index >= 15 is 0 Å². The minimum Gasteiger partial charge on any atom is -0.0622 e. The van der Waals surface area contributed by atoms with E-state index in [9.17, 15) is 0 Å². The van der Waals surface area contributed by atoms with E-state index in [1.807, 2.05) is 12.1 Å². The lowest BCUT2D eigenvalue weighted by molar-refractivity contribution is 1.62. The van der Waals surface area contributed by atoms with Crippen LogP contribution in [0.25, 0.3) is 76.1 Å². The van der Waals surface area contributed by atoms with Crippen molar-refractivity contribution in [2.75, 3.05) is 0 Å². The van der Waals surface area contributed by atoms with Gasteiger partial charge in [0.15, 0.2) is 0 Å². The van der Waals surface area contributed by atoms with Crippen molar-refractivity contribution in [3.05, 3.63) is 170 Å². The second-order valence-corrected chi connectivity index (χ2v) is 10.9. The summed E-state index contributed by atoms with van der Waals surface area (Å²) in [5.74, 6) is 0. The van der Waals surface area contributed by atoms with Crippen molar-refractivity contribution in [3.8, 4) is 22.3 Å². The zero-order valence-corrected chi connectivity index (χ0v) is 23.2. The second kappa shape index (κ2) is 10.2. The molecule has 0 radical (unpaired) electrons. The lowest BCUT2D eigenvalue weighted by Crippen LogP contribution is -1.90. The molecule has 42 heavy (non-hydrogen) atoms. The summed E-state index contributed by atoms with van der Waals surface area (Å²) in [7, 11) is 0. The molecule has 196 valence electrons. The summed E-state index contributed by atoms with van der Waals surface area (Å²) in [4.78, 5) is 0. The summed E-state index contributed by atoms with van der Waals surface area (Å²) >= 11 is 0. The fourth-order valence-corrected chi connectivity index (χ4v) is 6.52. The molecule has 0 amide bonds. The normalized spacial score (nSPS) is 11.3. The van der Waals surface area contributed by atoms with Crippen molar-refractivity contribution in [1.82, 2.24) is 0 Å². The Morgan fingerprint density at radius 1 is 0.238 bits per heavy atom. The highest BCUT2D eigenvalue weighted by Gasteiger charge is 2.16. The van der Waals surface area contributed by atoms with Crippen molar-refractivity contribution >= 4 is 53.9 Å². The van der Waals surface area contributed by atoms with Gasteiger partial charge in [-0.1, -0.05) is 164 Å². The molecule has 0 spiro atoms. The Labute approximate surface area is 245 Å². The van der Waals surface area contributed by atoms with Crippen LogP contribution in [0.15, 0.2) is 170 Å². The van der Waals surface area contributed by atoms with Crippen LogP contribution in [-0.4, -0.2) is 0 Å². The van der Waals surface area contributed by atoms with Gasteiger partial charge >= 0.3 is 0 Å². The highest BCUT2D eigenvalue weighted by atomic mass is 14.2. The van der Waals surface area contributed by atoms with Gasteiger partial charge in [0.2, 0.25) is 0 Å². The van der Waals surface area contributed by atoms with Gasteiger partial charge in [0, 0.05) is 0 Å². The molecule has 0 nitrogen and oxygen atoms in total. The summed E-state index contributed by atoms with van der Waals surface area (Å²) in [5, 5.41) is 13.3. The maximum absolute atomic E-state index is 2.33. The van der Waals surface area contributed by atoms with Crippen LogP contribution in [0.5, 0.6) is 0 Å². The molecule has 0 N–H and O–H groups in total. The van der Waals surface area contributed by atoms with Gasteiger partial charge in [-0.05, 0) is 82.2 Å². The summed E-state index contributed by atoms with van der Waals surface area (Å²) in [5.41, 5.74) is 5.13. The summed E-state index contributed by atoms with van der Waals surface area (Å²) < 4.78 is 0. The highest BCUT2D eigenvalue weighted by Crippen LogP contribution is 2.44. The summed E-state index contributed by atoms with van der Waals surface area (Å²) in [6.45, 7) is 0. The maximum atomic E-state index is 2.33. The minimum absolute atomic E-state index is 1.27. The molecular weight excluding hydrogens is 504 g/mol. The quantitative estimate of drug-likeness (QED) is 0.153. The molecule has 0 aliphatic carbocycles. The van der Waals surface area contributed by atoms with Crippen LogP contribution in [0.2, 0.25) is 0 Å². The summed E-state index contributed by atoms with van der Waals surface area (Å²) in [6.07, 6.45) is 0. The molecule has 0 saturated carbocycles. The van der Waals surface area contributed by atoms with Crippen molar-refractivity contribution < 1.29 is 0 Å². The van der Waals surface area contributed by atoms with Gasteiger partial charge in [-0.25, -0.2) is 0 Å². The number of hydrogen-bond donors (Lipinski definition) is 0. The first-order valence-corrected chi connectivity index (χ1v) is 14.5. The van der Waals surface area contributed by atoms with Crippen molar-refractivity contribution in [2.45, 2.75) is 0 Å². The molecule has 0 atom stereocenters. The van der Waals surface area contributed by atoms with E-state index in [4.69, 9.17) is 0 Å². The molecule has 0 fully saturated rings. The SMILES string of the molecule is c1ccc(-c2ccccc2)cc1.c1ccc2cc(-c3ccc4cccc5c6cccc7cccc(c3c45)c76)ccc2c1. The Hall–Kier alpha value is -5.46. The van der Waals surface area contributed by atoms with Crippen LogP contribution in [-0.2, 0) is 0 Å². The zero-order valence-electron chi connectivity index (χ0n) is 23.2. The molecule has 0 aliphatic heterocycles. The first-order chi connectivity index (χ1) is 20.8. The molecule has 0 heterocycles. The smallest absolute Gasteiger partial charge is 0.00141 e. The number of hydrogen-bond acceptors (Lipinski definition) is 0. The number of rotatable bonds is 2. The van der Waals surface area contributed by atoms with Crippen molar-refractivity contribution in [1.29, 1.82) is 0 Å². The van der Waals surface area contributed by atoms with E-state index < -0.39 is 0 Å². The predicted octanol–water partition coefficient (Wildman–Crippen LogP) is 11.9. The van der Waals surface area contributed by atoms with Crippen LogP contribution in [0, 0.1) is 0 Å². The molecule has 9 aromatic rings. The van der Waals surface area contributed by atoms with Gasteiger partial charge in [-0.3, -0.25) is 0 Å². The lowest BCUT2D eigenvalue weighted by atomic mass is 9.86. The van der Waals surface area contributed by atoms with E-state index in [0.717, 1.165) is 0 Å². The van der Waals surface area contributed by atoms with E-state index in [2.05, 4.69) is 158 Å². The Bertz CT molecular complexity index is 2290. The van der Waals surface area contributed by atoms with Gasteiger partial charge in [0.1, 0.15) is 0 Å². The van der Waals surface area contributed by atoms with Gasteiger partial charge < -0.3 is 0 Å². The highest BCUT2D eigenvalue weighted by molar-refractivity contribution is 6.35. The molecule has 0 unspecified atom stereocenters. The molecule has 0 heteroatoms. The van der Waals surface area contributed by atoms with E-state index in [-0.39, 0.29) is 0 Å². The van der Waals surface area contributed by atoms with Crippen LogP contribution in [0.3, 0.4) is 0 Å². The molecule has 0 bridgehead atoms. The van der Waals surface area contributed by atoms with Crippen LogP contribution in [0.1, 0.15) is 0 Å². The Balaban J connectivity index is 0.000000187. The van der Waals surface area contributed by atoms with Crippen molar-refractivity contribution in [3.63, 3.8) is 0 Å². The van der Waals surface area contributed by atoms with Gasteiger partial charge in [-0.15, -0.1) is 0 Å². The van der Waals surface area contributed by atoms with E-state index in [0.29, 0.717) is 0 Å². The third-order valence-electron chi connectivity index (χ3n) is 8.45. The van der Waals surface area contributed by atoms with E-state index in [1.165, 1.54) is 76.1 Å². The Kier molecular flexibility index (Phi) is 5.90. The topological polar surface area (TPSA) is 0 Å². The molecule has 9 aromatic carbocycles. The summed E-state index contributed by atoms with van der Waals surface area (Å²) in [6, 6.07) is 60.9. The van der Waals surface area contributed by atoms with Crippen molar-refractivity contribution in [2.24, 2.45) is 0 Å². The standard InChI is InChI=1S/C30H18.C12H10/c1-2-7-22-18-23(15-14-19(22)6-1)24-17-16-21-10-4-12-26-25-11-3-8-20-9-5-13-27(28(20)25)30(24)29(21)26;1-3-7-11(8-4-1)12-9-5-2-6-10-12/h1-18H;1-10H. The van der Waals surface area contributed by atoms with Crippen LogP contribution in [0.4, 0.5) is 0 Å². The first-order valence-electron chi connectivity index (χ1n) is 14.5. The fourth-order valence-electron chi connectivity index (χ4n) is 6.52. The fraction of sp³-hybridized carbons (Fsp3) is 0. The van der Waals surface area contributed by atoms with E-state index in [1.54, 1.807) is 0 Å². The first kappa shape index (κ1) is 24.3. The maximum Gasteiger partial charge on any atom is -0.00141 e. The molecule has 9 rings (SSSR count). The lowest BCUT2D eigenvalue weighted by Gasteiger charge is -2.17. The largest absolute Gasteiger partial charge is 0.0622 e. The van der Waals surface area contributed by atoms with Gasteiger partial charge in [0.05, 0.1) is 0 Å². The Morgan fingerprint density at radius 2 is 0.738 bits per heavy atom.